The number of nitrogens with zero attached hydrogens (tertiary/aromatic N) is 3. The Morgan fingerprint density at radius 1 is 1.23 bits per heavy atom. The summed E-state index contributed by atoms with van der Waals surface area (Å²) >= 11 is 1.39. The minimum atomic E-state index is -1.02. The first-order valence-electron chi connectivity index (χ1n) is 9.67. The molecule has 9 heteroatoms. The largest absolute Gasteiger partial charge is 0.481 e. The molecule has 2 N–H and O–H groups in total. The summed E-state index contributed by atoms with van der Waals surface area (Å²) in [5, 5.41) is 4.22. The maximum Gasteiger partial charge on any atom is 0.221 e. The van der Waals surface area contributed by atoms with Crippen LogP contribution in [0.4, 0.5) is 8.78 Å². The predicted octanol–water partition coefficient (Wildman–Crippen LogP) is 5.05. The fraction of sp³-hybridized carbons (Fsp3) is 0.318. The Morgan fingerprint density at radius 2 is 2.00 bits per heavy atom. The van der Waals surface area contributed by atoms with Gasteiger partial charge in [0.05, 0.1) is 18.3 Å². The Bertz CT molecular complexity index is 1160. The van der Waals surface area contributed by atoms with Crippen LogP contribution < -0.4 is 10.5 Å². The van der Waals surface area contributed by atoms with Crippen molar-refractivity contribution in [2.45, 2.75) is 38.0 Å². The van der Waals surface area contributed by atoms with E-state index in [9.17, 15) is 4.39 Å². The van der Waals surface area contributed by atoms with Crippen LogP contribution in [0.5, 0.6) is 5.88 Å². The molecule has 2 unspecified atom stereocenters. The molecular formula is C22H22F2N4O2S. The summed E-state index contributed by atoms with van der Waals surface area (Å²) in [6.45, 7) is 5.49. The van der Waals surface area contributed by atoms with Crippen molar-refractivity contribution in [1.82, 2.24) is 10.1 Å². The molecule has 0 spiro atoms. The normalized spacial score (nSPS) is 21.1. The van der Waals surface area contributed by atoms with Gasteiger partial charge in [-0.2, -0.15) is 0 Å². The quantitative estimate of drug-likeness (QED) is 0.606. The summed E-state index contributed by atoms with van der Waals surface area (Å²) in [6.07, 6.45) is 1.98. The second-order valence-electron chi connectivity index (χ2n) is 7.64. The van der Waals surface area contributed by atoms with Crippen LogP contribution in [-0.2, 0) is 5.54 Å². The standard InChI is InChI=1S/C22H22F2N4O2S/c1-11-19(12(2)30-28-11)18-10-22(3,27-21(25)31-18)15-8-14(16(23)9-17(15)24)13-6-5-7-26-20(13)29-4/h5-9,18H,10H2,1-4H3,(H2,25,27). The third-order valence-corrected chi connectivity index (χ3v) is 6.52. The van der Waals surface area contributed by atoms with Gasteiger partial charge in [0.25, 0.3) is 0 Å². The molecule has 1 aliphatic rings. The Morgan fingerprint density at radius 3 is 2.68 bits per heavy atom. The second-order valence-corrected chi connectivity index (χ2v) is 8.87. The summed E-state index contributed by atoms with van der Waals surface area (Å²) in [5.41, 5.74) is 7.67. The van der Waals surface area contributed by atoms with Gasteiger partial charge in [-0.3, -0.25) is 4.99 Å². The number of pyridine rings is 1. The van der Waals surface area contributed by atoms with Crippen LogP contribution >= 0.6 is 11.8 Å². The fourth-order valence-corrected chi connectivity index (χ4v) is 5.48. The maximum absolute atomic E-state index is 15.1. The molecular weight excluding hydrogens is 422 g/mol. The zero-order chi connectivity index (χ0) is 22.3. The average Bonchev–Trinajstić information content (AvgIpc) is 3.05. The lowest BCUT2D eigenvalue weighted by molar-refractivity contribution is 0.389. The maximum atomic E-state index is 15.1. The lowest BCUT2D eigenvalue weighted by Gasteiger charge is -2.35. The highest BCUT2D eigenvalue weighted by molar-refractivity contribution is 8.14. The number of hydrogen-bond donors (Lipinski definition) is 1. The van der Waals surface area contributed by atoms with Gasteiger partial charge >= 0.3 is 0 Å². The first kappa shape index (κ1) is 21.3. The molecule has 1 aromatic carbocycles. The van der Waals surface area contributed by atoms with Crippen molar-refractivity contribution in [3.63, 3.8) is 0 Å². The van der Waals surface area contributed by atoms with Crippen LogP contribution in [0.2, 0.25) is 0 Å². The molecule has 0 amide bonds. The van der Waals surface area contributed by atoms with E-state index in [-0.39, 0.29) is 22.3 Å². The highest BCUT2D eigenvalue weighted by Gasteiger charge is 2.40. The SMILES string of the molecule is COc1ncccc1-c1cc(C2(C)CC(c3c(C)noc3C)SC(N)=N2)c(F)cc1F. The summed E-state index contributed by atoms with van der Waals surface area (Å²) < 4.78 is 40.5. The monoisotopic (exact) mass is 444 g/mol. The van der Waals surface area contributed by atoms with Crippen LogP contribution in [-0.4, -0.2) is 22.4 Å². The van der Waals surface area contributed by atoms with Gasteiger partial charge < -0.3 is 15.0 Å². The number of amidine groups is 1. The molecule has 31 heavy (non-hydrogen) atoms. The third-order valence-electron chi connectivity index (χ3n) is 5.51. The first-order valence-corrected chi connectivity index (χ1v) is 10.5. The van der Waals surface area contributed by atoms with Gasteiger partial charge in [0.15, 0.2) is 5.17 Å². The number of rotatable bonds is 4. The highest BCUT2D eigenvalue weighted by atomic mass is 32.2. The summed E-state index contributed by atoms with van der Waals surface area (Å²) in [6, 6.07) is 5.69. The molecule has 4 rings (SSSR count). The molecule has 0 bridgehead atoms. The first-order chi connectivity index (χ1) is 14.7. The van der Waals surface area contributed by atoms with E-state index in [0.29, 0.717) is 22.9 Å². The molecule has 0 saturated heterocycles. The molecule has 0 saturated carbocycles. The van der Waals surface area contributed by atoms with Crippen molar-refractivity contribution in [2.75, 3.05) is 7.11 Å². The van der Waals surface area contributed by atoms with Gasteiger partial charge in [0.2, 0.25) is 5.88 Å². The number of halogens is 2. The Kier molecular flexibility index (Phi) is 5.47. The Labute approximate surface area is 182 Å². The van der Waals surface area contributed by atoms with E-state index < -0.39 is 17.2 Å². The van der Waals surface area contributed by atoms with Gasteiger partial charge in [-0.1, -0.05) is 16.9 Å². The topological polar surface area (TPSA) is 86.5 Å². The molecule has 0 fully saturated rings. The number of ether oxygens (including phenoxy) is 1. The molecule has 2 aromatic heterocycles. The van der Waals surface area contributed by atoms with Crippen molar-refractivity contribution < 1.29 is 18.0 Å². The van der Waals surface area contributed by atoms with Crippen molar-refractivity contribution in [3.8, 4) is 17.0 Å². The minimum absolute atomic E-state index is 0.130. The minimum Gasteiger partial charge on any atom is -0.481 e. The number of benzene rings is 1. The van der Waals surface area contributed by atoms with Gasteiger partial charge in [-0.25, -0.2) is 13.8 Å². The molecule has 3 aromatic rings. The Hall–Kier alpha value is -2.94. The molecule has 162 valence electrons. The number of nitrogens with two attached hydrogens (primary N) is 1. The number of thioether (sulfide) groups is 1. The van der Waals surface area contributed by atoms with E-state index in [2.05, 4.69) is 15.1 Å². The van der Waals surface area contributed by atoms with E-state index in [1.54, 1.807) is 25.3 Å². The number of aryl methyl sites for hydroxylation is 2. The van der Waals surface area contributed by atoms with Gasteiger partial charge in [-0.05, 0) is 45.4 Å². The average molecular weight is 445 g/mol. The zero-order valence-corrected chi connectivity index (χ0v) is 18.4. The second kappa shape index (κ2) is 7.96. The van der Waals surface area contributed by atoms with Gasteiger partial charge in [0, 0.05) is 39.8 Å². The van der Waals surface area contributed by atoms with Crippen molar-refractivity contribution >= 4 is 16.9 Å². The highest BCUT2D eigenvalue weighted by Crippen LogP contribution is 2.49. The number of aromatic nitrogens is 2. The van der Waals surface area contributed by atoms with Crippen LogP contribution in [0, 0.1) is 25.5 Å². The molecule has 6 nitrogen and oxygen atoms in total. The molecule has 1 aliphatic heterocycles. The summed E-state index contributed by atoms with van der Waals surface area (Å²) in [5.74, 6) is -0.458. The number of aliphatic imine (C=N–C) groups is 1. The fourth-order valence-electron chi connectivity index (χ4n) is 4.07. The van der Waals surface area contributed by atoms with E-state index in [1.165, 1.54) is 24.9 Å². The Balaban J connectivity index is 1.84. The molecule has 0 radical (unpaired) electrons. The van der Waals surface area contributed by atoms with E-state index >= 15 is 4.39 Å². The van der Waals surface area contributed by atoms with Crippen LogP contribution in [0.15, 0.2) is 40.0 Å². The molecule has 3 heterocycles. The van der Waals surface area contributed by atoms with Crippen LogP contribution in [0.3, 0.4) is 0 Å². The van der Waals surface area contributed by atoms with Gasteiger partial charge in [-0.15, -0.1) is 0 Å². The number of hydrogen-bond acceptors (Lipinski definition) is 7. The lowest BCUT2D eigenvalue weighted by atomic mass is 9.84. The smallest absolute Gasteiger partial charge is 0.221 e. The van der Waals surface area contributed by atoms with Crippen LogP contribution in [0.1, 0.15) is 41.2 Å². The van der Waals surface area contributed by atoms with Crippen molar-refractivity contribution in [1.29, 1.82) is 0 Å². The summed E-state index contributed by atoms with van der Waals surface area (Å²) in [7, 11) is 1.45. The molecule has 0 aliphatic carbocycles. The van der Waals surface area contributed by atoms with Crippen molar-refractivity contribution in [3.05, 3.63) is 64.7 Å². The van der Waals surface area contributed by atoms with Gasteiger partial charge in [0.1, 0.15) is 17.4 Å². The van der Waals surface area contributed by atoms with E-state index in [0.717, 1.165) is 17.3 Å². The number of methoxy groups -OCH3 is 1. The van der Waals surface area contributed by atoms with Crippen LogP contribution in [0.25, 0.3) is 11.1 Å². The predicted molar refractivity (Wildman–Crippen MR) is 116 cm³/mol. The van der Waals surface area contributed by atoms with Crippen molar-refractivity contribution in [2.24, 2.45) is 10.7 Å². The lowest BCUT2D eigenvalue weighted by Crippen LogP contribution is -2.31. The third kappa shape index (κ3) is 3.78. The van der Waals surface area contributed by atoms with E-state index in [1.807, 2.05) is 13.8 Å². The summed E-state index contributed by atoms with van der Waals surface area (Å²) in [4.78, 5) is 8.69. The molecule has 2 atom stereocenters. The van der Waals surface area contributed by atoms with E-state index in [4.69, 9.17) is 15.0 Å². The zero-order valence-electron chi connectivity index (χ0n) is 17.6.